The maximum Gasteiger partial charge on any atom is 0.181 e. The van der Waals surface area contributed by atoms with Crippen LogP contribution < -0.4 is 20.7 Å². The zero-order valence-corrected chi connectivity index (χ0v) is 18.1. The molecule has 148 valence electrons. The van der Waals surface area contributed by atoms with Crippen molar-refractivity contribution in [2.45, 2.75) is 0 Å². The Bertz CT molecular complexity index is 1140. The summed E-state index contributed by atoms with van der Waals surface area (Å²) < 4.78 is 0. The van der Waals surface area contributed by atoms with Crippen molar-refractivity contribution in [1.29, 1.82) is 0 Å². The highest BCUT2D eigenvalue weighted by Gasteiger charge is 2.41. The number of hydrogen-bond acceptors (Lipinski definition) is 2. The maximum atomic E-state index is 4.86. The summed E-state index contributed by atoms with van der Waals surface area (Å²) in [5, 5.41) is 5.30. The molecule has 2 heterocycles. The van der Waals surface area contributed by atoms with Crippen molar-refractivity contribution < 1.29 is 0 Å². The Morgan fingerprint density at radius 1 is 0.387 bits per heavy atom. The minimum Gasteiger partial charge on any atom is -0.255 e. The number of rotatable bonds is 5. The number of aromatic nitrogens is 2. The average Bonchev–Trinajstić information content (AvgIpc) is 2.88. The molecule has 3 heteroatoms. The minimum absolute atomic E-state index is 0.889. The number of pyridine rings is 2. The zero-order chi connectivity index (χ0) is 20.9. The molecule has 0 amide bonds. The van der Waals surface area contributed by atoms with Gasteiger partial charge in [-0.3, -0.25) is 9.97 Å². The molecular weight excluding hydrogens is 392 g/mol. The topological polar surface area (TPSA) is 25.8 Å². The molecule has 0 aliphatic carbocycles. The van der Waals surface area contributed by atoms with Crippen molar-refractivity contribution in [1.82, 2.24) is 9.97 Å². The Kier molecular flexibility index (Phi) is 5.25. The predicted octanol–water partition coefficient (Wildman–Crippen LogP) is 3.52. The molecule has 3 aromatic carbocycles. The second-order valence-corrected chi connectivity index (χ2v) is 11.3. The van der Waals surface area contributed by atoms with Gasteiger partial charge >= 0.3 is 0 Å². The van der Waals surface area contributed by atoms with Gasteiger partial charge in [0.1, 0.15) is 0 Å². The van der Waals surface area contributed by atoms with E-state index in [0.717, 1.165) is 11.4 Å². The quantitative estimate of drug-likeness (QED) is 0.325. The maximum absolute atomic E-state index is 4.86. The molecule has 31 heavy (non-hydrogen) atoms. The van der Waals surface area contributed by atoms with E-state index < -0.39 is 8.07 Å². The minimum atomic E-state index is -2.51. The second kappa shape index (κ2) is 8.50. The number of hydrogen-bond donors (Lipinski definition) is 0. The highest BCUT2D eigenvalue weighted by molar-refractivity contribution is 7.19. The van der Waals surface area contributed by atoms with E-state index in [4.69, 9.17) is 4.98 Å². The van der Waals surface area contributed by atoms with Crippen molar-refractivity contribution in [3.63, 3.8) is 0 Å². The molecule has 2 nitrogen and oxygen atoms in total. The predicted molar refractivity (Wildman–Crippen MR) is 131 cm³/mol. The molecule has 0 bridgehead atoms. The Morgan fingerprint density at radius 2 is 0.871 bits per heavy atom. The van der Waals surface area contributed by atoms with E-state index >= 15 is 0 Å². The second-order valence-electron chi connectivity index (χ2n) is 7.50. The molecule has 5 aromatic rings. The van der Waals surface area contributed by atoms with Gasteiger partial charge < -0.3 is 0 Å². The van der Waals surface area contributed by atoms with E-state index in [1.165, 1.54) is 20.7 Å². The van der Waals surface area contributed by atoms with E-state index in [0.29, 0.717) is 0 Å². The van der Waals surface area contributed by atoms with Gasteiger partial charge in [-0.05, 0) is 38.9 Å². The monoisotopic (exact) mass is 414 g/mol. The molecule has 0 N–H and O–H groups in total. The SMILES string of the molecule is c1ccc([Si](c2ccccc2)(c2ccccc2)c2ccc(-c3ccccn3)nc2)cc1. The van der Waals surface area contributed by atoms with E-state index in [9.17, 15) is 0 Å². The molecular formula is C28H22N2Si. The van der Waals surface area contributed by atoms with Gasteiger partial charge in [-0.1, -0.05) is 103 Å². The molecule has 5 rings (SSSR count). The van der Waals surface area contributed by atoms with Gasteiger partial charge in [0.15, 0.2) is 8.07 Å². The summed E-state index contributed by atoms with van der Waals surface area (Å²) in [5.41, 5.74) is 1.78. The highest BCUT2D eigenvalue weighted by atomic mass is 28.3. The molecule has 0 atom stereocenters. The molecule has 0 fully saturated rings. The van der Waals surface area contributed by atoms with Crippen molar-refractivity contribution in [2.75, 3.05) is 0 Å². The van der Waals surface area contributed by atoms with Gasteiger partial charge in [0.05, 0.1) is 11.4 Å². The van der Waals surface area contributed by atoms with Crippen LogP contribution in [0.1, 0.15) is 0 Å². The zero-order valence-electron chi connectivity index (χ0n) is 17.1. The Labute approximate surface area is 183 Å². The Hall–Kier alpha value is -3.82. The molecule has 0 unspecified atom stereocenters. The highest BCUT2D eigenvalue weighted by Crippen LogP contribution is 2.14. The van der Waals surface area contributed by atoms with E-state index in [1.807, 2.05) is 24.4 Å². The Balaban J connectivity index is 1.78. The molecule has 0 saturated carbocycles. The summed E-state index contributed by atoms with van der Waals surface area (Å²) in [6.07, 6.45) is 3.87. The van der Waals surface area contributed by atoms with Crippen molar-refractivity contribution in [3.8, 4) is 11.4 Å². The van der Waals surface area contributed by atoms with Crippen LogP contribution in [0.5, 0.6) is 0 Å². The van der Waals surface area contributed by atoms with Crippen LogP contribution in [0.15, 0.2) is 134 Å². The summed E-state index contributed by atoms with van der Waals surface area (Å²) in [5.74, 6) is 0. The Morgan fingerprint density at radius 3 is 1.29 bits per heavy atom. The normalized spacial score (nSPS) is 11.2. The summed E-state index contributed by atoms with van der Waals surface area (Å²) in [4.78, 5) is 9.33. The van der Waals surface area contributed by atoms with Gasteiger partial charge in [-0.15, -0.1) is 0 Å². The summed E-state index contributed by atoms with van der Waals surface area (Å²) in [7, 11) is -2.51. The fourth-order valence-corrected chi connectivity index (χ4v) is 9.01. The van der Waals surface area contributed by atoms with Crippen molar-refractivity contribution in [2.24, 2.45) is 0 Å². The first-order valence-electron chi connectivity index (χ1n) is 10.4. The molecule has 2 aromatic heterocycles. The standard InChI is InChI=1S/C28H22N2Si/c1-4-12-23(13-5-1)31(24-14-6-2-7-15-24,25-16-8-3-9-17-25)26-19-20-28(30-22-26)27-18-10-11-21-29-27/h1-22H. The number of nitrogens with zero attached hydrogens (tertiary/aromatic N) is 2. The van der Waals surface area contributed by atoms with Gasteiger partial charge in [-0.2, -0.15) is 0 Å². The summed E-state index contributed by atoms with van der Waals surface area (Å²) in [6, 6.07) is 42.9. The van der Waals surface area contributed by atoms with Crippen LogP contribution >= 0.6 is 0 Å². The lowest BCUT2D eigenvalue weighted by Crippen LogP contribution is -2.74. The van der Waals surface area contributed by atoms with Crippen molar-refractivity contribution >= 4 is 28.8 Å². The molecule has 0 aliphatic rings. The summed E-state index contributed by atoms with van der Waals surface area (Å²) in [6.45, 7) is 0. The fraction of sp³-hybridized carbons (Fsp3) is 0. The van der Waals surface area contributed by atoms with Gasteiger partial charge in [0.25, 0.3) is 0 Å². The molecule has 0 aliphatic heterocycles. The van der Waals surface area contributed by atoms with Crippen LogP contribution in [0.4, 0.5) is 0 Å². The van der Waals surface area contributed by atoms with Crippen molar-refractivity contribution in [3.05, 3.63) is 134 Å². The van der Waals surface area contributed by atoms with E-state index in [-0.39, 0.29) is 0 Å². The first-order chi connectivity index (χ1) is 15.4. The third-order valence-corrected chi connectivity index (χ3v) is 10.5. The lowest BCUT2D eigenvalue weighted by atomic mass is 10.2. The van der Waals surface area contributed by atoms with Gasteiger partial charge in [0.2, 0.25) is 0 Å². The van der Waals surface area contributed by atoms with E-state index in [2.05, 4.69) is 114 Å². The van der Waals surface area contributed by atoms with Crippen LogP contribution in [-0.2, 0) is 0 Å². The first-order valence-corrected chi connectivity index (χ1v) is 12.4. The fourth-order valence-electron chi connectivity index (χ4n) is 4.35. The summed E-state index contributed by atoms with van der Waals surface area (Å²) >= 11 is 0. The number of benzene rings is 3. The van der Waals surface area contributed by atoms with Gasteiger partial charge in [-0.25, -0.2) is 0 Å². The largest absolute Gasteiger partial charge is 0.255 e. The third-order valence-electron chi connectivity index (χ3n) is 5.74. The third kappa shape index (κ3) is 3.49. The lowest BCUT2D eigenvalue weighted by Gasteiger charge is -2.34. The van der Waals surface area contributed by atoms with Crippen LogP contribution in [-0.4, -0.2) is 18.0 Å². The van der Waals surface area contributed by atoms with Gasteiger partial charge in [0, 0.05) is 12.4 Å². The smallest absolute Gasteiger partial charge is 0.181 e. The lowest BCUT2D eigenvalue weighted by molar-refractivity contribution is 1.25. The van der Waals surface area contributed by atoms with Crippen LogP contribution in [0.25, 0.3) is 11.4 Å². The molecule has 0 radical (unpaired) electrons. The first kappa shape index (κ1) is 19.2. The van der Waals surface area contributed by atoms with E-state index in [1.54, 1.807) is 0 Å². The average molecular weight is 415 g/mol. The van der Waals surface area contributed by atoms with Crippen LogP contribution in [0.3, 0.4) is 0 Å². The molecule has 0 spiro atoms. The molecule has 0 saturated heterocycles. The van der Waals surface area contributed by atoms with Crippen LogP contribution in [0.2, 0.25) is 0 Å². The van der Waals surface area contributed by atoms with Crippen LogP contribution in [0, 0.1) is 0 Å².